The van der Waals surface area contributed by atoms with Gasteiger partial charge in [-0.3, -0.25) is 0 Å². The minimum Gasteiger partial charge on any atom is -0.312 e. The van der Waals surface area contributed by atoms with Crippen molar-refractivity contribution >= 4 is 11.3 Å². The van der Waals surface area contributed by atoms with Crippen LogP contribution in [0.5, 0.6) is 0 Å². The Balaban J connectivity index is 2.86. The Hall–Kier alpha value is -0.620. The maximum atomic E-state index is 12.6. The summed E-state index contributed by atoms with van der Waals surface area (Å²) in [5.74, 6) is 0.353. The zero-order valence-electron chi connectivity index (χ0n) is 11.5. The number of thiazole rings is 1. The average molecular weight is 294 g/mol. The van der Waals surface area contributed by atoms with Crippen molar-refractivity contribution < 1.29 is 13.2 Å². The summed E-state index contributed by atoms with van der Waals surface area (Å²) in [5.41, 5.74) is 0. The summed E-state index contributed by atoms with van der Waals surface area (Å²) in [6, 6.07) is -0.0369. The van der Waals surface area contributed by atoms with Crippen molar-refractivity contribution in [3.8, 4) is 0 Å². The summed E-state index contributed by atoms with van der Waals surface area (Å²) in [4.78, 5) is 4.19. The Morgan fingerprint density at radius 1 is 1.37 bits per heavy atom. The molecular formula is C13H21F3N2S. The molecule has 0 fully saturated rings. The Bertz CT molecular complexity index is 376. The highest BCUT2D eigenvalue weighted by atomic mass is 32.1. The van der Waals surface area contributed by atoms with Gasteiger partial charge < -0.3 is 5.32 Å². The van der Waals surface area contributed by atoms with E-state index in [4.69, 9.17) is 0 Å². The first-order valence-corrected chi connectivity index (χ1v) is 7.45. The molecule has 0 aromatic carbocycles. The second kappa shape index (κ2) is 7.24. The molecule has 1 aromatic rings. The third kappa shape index (κ3) is 4.45. The van der Waals surface area contributed by atoms with Crippen molar-refractivity contribution in [2.75, 3.05) is 7.05 Å². The summed E-state index contributed by atoms with van der Waals surface area (Å²) in [7, 11) is 1.80. The number of rotatable bonds is 7. The molecule has 0 spiro atoms. The first kappa shape index (κ1) is 16.4. The van der Waals surface area contributed by atoms with E-state index >= 15 is 0 Å². The average Bonchev–Trinajstić information content (AvgIpc) is 2.83. The maximum Gasteiger partial charge on any atom is 0.443 e. The number of aromatic nitrogens is 1. The molecule has 0 amide bonds. The molecule has 0 aliphatic rings. The molecule has 1 N–H and O–H groups in total. The summed E-state index contributed by atoms with van der Waals surface area (Å²) in [6.07, 6.45) is 1.20. The van der Waals surface area contributed by atoms with E-state index in [1.54, 1.807) is 7.05 Å². The standard InChI is InChI=1S/C13H21F3N2S/c1-4-6-7-9(5-2)11(17-3)10-8-18-12(19-10)13(14,15)16/h8-9,11,17H,4-7H2,1-3H3. The first-order chi connectivity index (χ1) is 8.93. The summed E-state index contributed by atoms with van der Waals surface area (Å²) in [6.45, 7) is 4.20. The van der Waals surface area contributed by atoms with Crippen LogP contribution in [0.15, 0.2) is 6.20 Å². The number of unbranched alkanes of at least 4 members (excludes halogenated alkanes) is 1. The molecule has 0 aliphatic carbocycles. The van der Waals surface area contributed by atoms with Crippen molar-refractivity contribution in [2.45, 2.75) is 51.7 Å². The van der Waals surface area contributed by atoms with Crippen LogP contribution < -0.4 is 5.32 Å². The van der Waals surface area contributed by atoms with Gasteiger partial charge in [-0.25, -0.2) is 4.98 Å². The van der Waals surface area contributed by atoms with Gasteiger partial charge in [0.15, 0.2) is 5.01 Å². The van der Waals surface area contributed by atoms with Crippen molar-refractivity contribution in [2.24, 2.45) is 5.92 Å². The molecular weight excluding hydrogens is 273 g/mol. The fraction of sp³-hybridized carbons (Fsp3) is 0.769. The van der Waals surface area contributed by atoms with Gasteiger partial charge in [-0.05, 0) is 19.4 Å². The van der Waals surface area contributed by atoms with Gasteiger partial charge in [-0.15, -0.1) is 11.3 Å². The number of nitrogens with one attached hydrogen (secondary N) is 1. The van der Waals surface area contributed by atoms with E-state index in [9.17, 15) is 13.2 Å². The molecule has 0 saturated heterocycles. The second-order valence-electron chi connectivity index (χ2n) is 4.64. The molecule has 2 unspecified atom stereocenters. The molecule has 0 saturated carbocycles. The maximum absolute atomic E-state index is 12.6. The molecule has 2 atom stereocenters. The molecule has 6 heteroatoms. The van der Waals surface area contributed by atoms with Crippen LogP contribution in [0.3, 0.4) is 0 Å². The highest BCUT2D eigenvalue weighted by Crippen LogP contribution is 2.37. The van der Waals surface area contributed by atoms with E-state index in [1.807, 2.05) is 0 Å². The minimum atomic E-state index is -4.34. The van der Waals surface area contributed by atoms with Crippen LogP contribution in [-0.2, 0) is 6.18 Å². The van der Waals surface area contributed by atoms with Gasteiger partial charge >= 0.3 is 6.18 Å². The molecule has 0 aliphatic heterocycles. The van der Waals surface area contributed by atoms with Gasteiger partial charge in [0.2, 0.25) is 0 Å². The summed E-state index contributed by atoms with van der Waals surface area (Å²) < 4.78 is 37.7. The molecule has 1 heterocycles. The SMILES string of the molecule is CCCCC(CC)C(NC)c1cnc(C(F)(F)F)s1. The van der Waals surface area contributed by atoms with Crippen LogP contribution in [0.1, 0.15) is 55.5 Å². The lowest BCUT2D eigenvalue weighted by molar-refractivity contribution is -0.137. The molecule has 1 aromatic heterocycles. The van der Waals surface area contributed by atoms with Crippen molar-refractivity contribution in [1.29, 1.82) is 0 Å². The normalized spacial score (nSPS) is 15.5. The largest absolute Gasteiger partial charge is 0.443 e. The van der Waals surface area contributed by atoms with E-state index < -0.39 is 11.2 Å². The van der Waals surface area contributed by atoms with Gasteiger partial charge in [0.05, 0.1) is 0 Å². The van der Waals surface area contributed by atoms with Crippen LogP contribution in [0.2, 0.25) is 0 Å². The highest BCUT2D eigenvalue weighted by molar-refractivity contribution is 7.11. The van der Waals surface area contributed by atoms with Gasteiger partial charge in [0.1, 0.15) is 0 Å². The lowest BCUT2D eigenvalue weighted by atomic mass is 9.91. The number of alkyl halides is 3. The zero-order chi connectivity index (χ0) is 14.5. The van der Waals surface area contributed by atoms with Gasteiger partial charge in [-0.1, -0.05) is 33.1 Å². The Kier molecular flexibility index (Phi) is 6.26. The fourth-order valence-electron chi connectivity index (χ4n) is 2.24. The van der Waals surface area contributed by atoms with E-state index in [0.717, 1.165) is 37.0 Å². The van der Waals surface area contributed by atoms with E-state index in [2.05, 4.69) is 24.1 Å². The predicted octanol–water partition coefficient (Wildman–Crippen LogP) is 4.64. The smallest absolute Gasteiger partial charge is 0.312 e. The van der Waals surface area contributed by atoms with Crippen molar-refractivity contribution in [3.63, 3.8) is 0 Å². The van der Waals surface area contributed by atoms with Gasteiger partial charge in [0.25, 0.3) is 0 Å². The van der Waals surface area contributed by atoms with Crippen LogP contribution in [0, 0.1) is 5.92 Å². The molecule has 19 heavy (non-hydrogen) atoms. The van der Waals surface area contributed by atoms with Gasteiger partial charge in [0, 0.05) is 17.1 Å². The summed E-state index contributed by atoms with van der Waals surface area (Å²) >= 11 is 0.751. The fourth-order valence-corrected chi connectivity index (χ4v) is 3.23. The van der Waals surface area contributed by atoms with Crippen LogP contribution in [0.4, 0.5) is 13.2 Å². The Morgan fingerprint density at radius 2 is 2.05 bits per heavy atom. The van der Waals surface area contributed by atoms with Crippen LogP contribution in [0.25, 0.3) is 0 Å². The Labute approximate surface area is 116 Å². The van der Waals surface area contributed by atoms with Crippen molar-refractivity contribution in [3.05, 3.63) is 16.1 Å². The first-order valence-electron chi connectivity index (χ1n) is 6.64. The van der Waals surface area contributed by atoms with Crippen molar-refractivity contribution in [1.82, 2.24) is 10.3 Å². The minimum absolute atomic E-state index is 0.0369. The highest BCUT2D eigenvalue weighted by Gasteiger charge is 2.35. The topological polar surface area (TPSA) is 24.9 Å². The number of hydrogen-bond donors (Lipinski definition) is 1. The lowest BCUT2D eigenvalue weighted by Crippen LogP contribution is -2.24. The summed E-state index contributed by atoms with van der Waals surface area (Å²) in [5, 5.41) is 2.39. The van der Waals surface area contributed by atoms with E-state index in [1.165, 1.54) is 6.20 Å². The number of hydrogen-bond acceptors (Lipinski definition) is 3. The van der Waals surface area contributed by atoms with E-state index in [-0.39, 0.29) is 6.04 Å². The van der Waals surface area contributed by atoms with Crippen LogP contribution >= 0.6 is 11.3 Å². The van der Waals surface area contributed by atoms with E-state index in [0.29, 0.717) is 10.8 Å². The predicted molar refractivity (Wildman–Crippen MR) is 72.2 cm³/mol. The molecule has 110 valence electrons. The van der Waals surface area contributed by atoms with Gasteiger partial charge in [-0.2, -0.15) is 13.2 Å². The number of nitrogens with zero attached hydrogens (tertiary/aromatic N) is 1. The molecule has 1 rings (SSSR count). The number of halogens is 3. The lowest BCUT2D eigenvalue weighted by Gasteiger charge is -2.24. The molecule has 0 bridgehead atoms. The Morgan fingerprint density at radius 3 is 2.47 bits per heavy atom. The third-order valence-electron chi connectivity index (χ3n) is 3.31. The molecule has 2 nitrogen and oxygen atoms in total. The monoisotopic (exact) mass is 294 g/mol. The second-order valence-corrected chi connectivity index (χ2v) is 5.70. The van der Waals surface area contributed by atoms with Crippen LogP contribution in [-0.4, -0.2) is 12.0 Å². The zero-order valence-corrected chi connectivity index (χ0v) is 12.4. The molecule has 0 radical (unpaired) electrons. The third-order valence-corrected chi connectivity index (χ3v) is 4.43. The quantitative estimate of drug-likeness (QED) is 0.792.